The first-order valence-corrected chi connectivity index (χ1v) is 9.76. The van der Waals surface area contributed by atoms with Crippen molar-refractivity contribution in [3.63, 3.8) is 0 Å². The van der Waals surface area contributed by atoms with Crippen LogP contribution in [-0.2, 0) is 11.3 Å². The number of rotatable bonds is 5. The van der Waals surface area contributed by atoms with E-state index in [2.05, 4.69) is 5.32 Å². The number of amides is 2. The van der Waals surface area contributed by atoms with Gasteiger partial charge in [0.15, 0.2) is 0 Å². The Bertz CT molecular complexity index is 708. The molecule has 1 aromatic carbocycles. The van der Waals surface area contributed by atoms with E-state index in [1.54, 1.807) is 6.07 Å². The fraction of sp³-hybridized carbons (Fsp3) is 0.524. The molecule has 6 heteroatoms. The summed E-state index contributed by atoms with van der Waals surface area (Å²) in [6, 6.07) is 5.47. The summed E-state index contributed by atoms with van der Waals surface area (Å²) >= 11 is 0. The van der Waals surface area contributed by atoms with Crippen LogP contribution in [0, 0.1) is 5.92 Å². The summed E-state index contributed by atoms with van der Waals surface area (Å²) < 4.78 is 0. The van der Waals surface area contributed by atoms with Crippen LogP contribution >= 0.6 is 0 Å². The van der Waals surface area contributed by atoms with Gasteiger partial charge in [0.2, 0.25) is 5.91 Å². The van der Waals surface area contributed by atoms with Crippen molar-refractivity contribution in [1.82, 2.24) is 10.2 Å². The van der Waals surface area contributed by atoms with Gasteiger partial charge in [-0.3, -0.25) is 14.9 Å². The third kappa shape index (κ3) is 4.96. The van der Waals surface area contributed by atoms with Gasteiger partial charge in [-0.25, -0.2) is 0 Å². The summed E-state index contributed by atoms with van der Waals surface area (Å²) in [6.07, 6.45) is 8.96. The summed E-state index contributed by atoms with van der Waals surface area (Å²) in [7, 11) is 0. The minimum absolute atomic E-state index is 0.0676. The van der Waals surface area contributed by atoms with Gasteiger partial charge in [-0.2, -0.15) is 0 Å². The van der Waals surface area contributed by atoms with Gasteiger partial charge in [0.1, 0.15) is 0 Å². The SMILES string of the molecule is O=C(NC(=O)C1CCCCCC1)c1cccc2c1C=CN(CC(O)CO)C2. The first-order valence-electron chi connectivity index (χ1n) is 9.76. The number of hydrogen-bond donors (Lipinski definition) is 3. The summed E-state index contributed by atoms with van der Waals surface area (Å²) in [5, 5.41) is 21.2. The number of aliphatic hydroxyl groups is 2. The lowest BCUT2D eigenvalue weighted by molar-refractivity contribution is -0.124. The van der Waals surface area contributed by atoms with Crippen LogP contribution in [0.25, 0.3) is 6.08 Å². The molecule has 2 aliphatic rings. The third-order valence-corrected chi connectivity index (χ3v) is 5.39. The van der Waals surface area contributed by atoms with Gasteiger partial charge in [0.25, 0.3) is 5.91 Å². The molecule has 1 saturated carbocycles. The summed E-state index contributed by atoms with van der Waals surface area (Å²) in [5.41, 5.74) is 2.25. The average molecular weight is 372 g/mol. The number of nitrogens with one attached hydrogen (secondary N) is 1. The predicted molar refractivity (Wildman–Crippen MR) is 103 cm³/mol. The Balaban J connectivity index is 1.69. The van der Waals surface area contributed by atoms with E-state index in [-0.39, 0.29) is 24.3 Å². The van der Waals surface area contributed by atoms with Crippen molar-refractivity contribution >= 4 is 17.9 Å². The largest absolute Gasteiger partial charge is 0.394 e. The van der Waals surface area contributed by atoms with Gasteiger partial charge in [0.05, 0.1) is 12.7 Å². The zero-order valence-electron chi connectivity index (χ0n) is 15.6. The molecular weight excluding hydrogens is 344 g/mol. The molecule has 1 aliphatic heterocycles. The molecule has 1 aliphatic carbocycles. The second-order valence-electron chi connectivity index (χ2n) is 7.47. The second-order valence-corrected chi connectivity index (χ2v) is 7.47. The lowest BCUT2D eigenvalue weighted by Gasteiger charge is -2.27. The minimum Gasteiger partial charge on any atom is -0.394 e. The molecule has 0 bridgehead atoms. The molecule has 1 heterocycles. The monoisotopic (exact) mass is 372 g/mol. The number of carbonyl (C=O) groups is 2. The van der Waals surface area contributed by atoms with E-state index in [4.69, 9.17) is 5.11 Å². The molecule has 3 N–H and O–H groups in total. The molecule has 146 valence electrons. The minimum atomic E-state index is -0.806. The Labute approximate surface area is 159 Å². The standard InChI is InChI=1S/C21H28N2O4/c24-14-17(25)13-23-11-10-18-16(12-23)8-5-9-19(18)21(27)22-20(26)15-6-3-1-2-4-7-15/h5,8-11,15,17,24-25H,1-4,6-7,12-14H2,(H,22,26,27). The maximum Gasteiger partial charge on any atom is 0.258 e. The van der Waals surface area contributed by atoms with E-state index in [1.807, 2.05) is 29.3 Å². The Kier molecular flexibility index (Phi) is 6.63. The third-order valence-electron chi connectivity index (χ3n) is 5.39. The molecule has 2 amide bonds. The number of fused-ring (bicyclic) bond motifs is 1. The molecule has 1 unspecified atom stereocenters. The normalized spacial score (nSPS) is 18.5. The fourth-order valence-electron chi connectivity index (χ4n) is 3.87. The van der Waals surface area contributed by atoms with E-state index in [1.165, 1.54) is 0 Å². The molecule has 1 aromatic rings. The van der Waals surface area contributed by atoms with Crippen molar-refractivity contribution in [2.24, 2.45) is 5.92 Å². The summed E-state index contributed by atoms with van der Waals surface area (Å²) in [6.45, 7) is 0.576. The predicted octanol–water partition coefficient (Wildman–Crippen LogP) is 2.05. The highest BCUT2D eigenvalue weighted by Crippen LogP contribution is 2.25. The Morgan fingerprint density at radius 1 is 1.19 bits per heavy atom. The zero-order valence-corrected chi connectivity index (χ0v) is 15.6. The van der Waals surface area contributed by atoms with E-state index in [0.29, 0.717) is 18.7 Å². The molecule has 6 nitrogen and oxygen atoms in total. The van der Waals surface area contributed by atoms with Crippen molar-refractivity contribution in [3.8, 4) is 0 Å². The smallest absolute Gasteiger partial charge is 0.258 e. The van der Waals surface area contributed by atoms with E-state index in [0.717, 1.165) is 49.7 Å². The molecule has 1 fully saturated rings. The van der Waals surface area contributed by atoms with Crippen molar-refractivity contribution in [3.05, 3.63) is 41.1 Å². The number of aliphatic hydroxyl groups excluding tert-OH is 2. The van der Waals surface area contributed by atoms with Crippen LogP contribution in [0.1, 0.15) is 60.0 Å². The Morgan fingerprint density at radius 3 is 2.63 bits per heavy atom. The molecule has 27 heavy (non-hydrogen) atoms. The Morgan fingerprint density at radius 2 is 1.93 bits per heavy atom. The Hall–Kier alpha value is -2.18. The van der Waals surface area contributed by atoms with Gasteiger partial charge in [0, 0.05) is 30.8 Å². The molecule has 0 spiro atoms. The number of nitrogens with zero attached hydrogens (tertiary/aromatic N) is 1. The van der Waals surface area contributed by atoms with Gasteiger partial charge in [-0.05, 0) is 36.1 Å². The summed E-state index contributed by atoms with van der Waals surface area (Å²) in [4.78, 5) is 27.1. The van der Waals surface area contributed by atoms with Gasteiger partial charge in [-0.1, -0.05) is 37.8 Å². The second kappa shape index (κ2) is 9.15. The number of imide groups is 1. The quantitative estimate of drug-likeness (QED) is 0.544. The molecule has 0 saturated heterocycles. The number of carbonyl (C=O) groups excluding carboxylic acids is 2. The highest BCUT2D eigenvalue weighted by Gasteiger charge is 2.24. The van der Waals surface area contributed by atoms with Crippen LogP contribution in [0.3, 0.4) is 0 Å². The lowest BCUT2D eigenvalue weighted by atomic mass is 9.96. The average Bonchev–Trinajstić information content (AvgIpc) is 2.96. The van der Waals surface area contributed by atoms with Crippen molar-refractivity contribution in [2.75, 3.05) is 13.2 Å². The fourth-order valence-corrected chi connectivity index (χ4v) is 3.87. The van der Waals surface area contributed by atoms with Gasteiger partial charge in [-0.15, -0.1) is 0 Å². The summed E-state index contributed by atoms with van der Waals surface area (Å²) in [5.74, 6) is -0.580. The first kappa shape index (κ1) is 19.6. The van der Waals surface area contributed by atoms with Crippen LogP contribution in [0.2, 0.25) is 0 Å². The molecule has 3 rings (SSSR count). The van der Waals surface area contributed by atoms with Gasteiger partial charge < -0.3 is 15.1 Å². The van der Waals surface area contributed by atoms with Crippen LogP contribution in [0.5, 0.6) is 0 Å². The molecular formula is C21H28N2O4. The maximum absolute atomic E-state index is 12.7. The highest BCUT2D eigenvalue weighted by molar-refractivity contribution is 6.07. The number of β-amino-alcohol motifs (C(OH)–C–C–N with tert-alkyl or cyclic N) is 1. The van der Waals surface area contributed by atoms with Crippen LogP contribution in [0.15, 0.2) is 24.4 Å². The molecule has 1 atom stereocenters. The van der Waals surface area contributed by atoms with Crippen molar-refractivity contribution < 1.29 is 19.8 Å². The van der Waals surface area contributed by atoms with E-state index < -0.39 is 6.10 Å². The highest BCUT2D eigenvalue weighted by atomic mass is 16.3. The zero-order chi connectivity index (χ0) is 19.2. The first-order chi connectivity index (χ1) is 13.1. The van der Waals surface area contributed by atoms with E-state index in [9.17, 15) is 14.7 Å². The maximum atomic E-state index is 12.7. The van der Waals surface area contributed by atoms with Crippen molar-refractivity contribution in [2.45, 2.75) is 51.2 Å². The number of hydrogen-bond acceptors (Lipinski definition) is 5. The number of benzene rings is 1. The molecule has 0 radical (unpaired) electrons. The molecule has 0 aromatic heterocycles. The van der Waals surface area contributed by atoms with Gasteiger partial charge >= 0.3 is 0 Å². The van der Waals surface area contributed by atoms with Crippen LogP contribution < -0.4 is 5.32 Å². The van der Waals surface area contributed by atoms with Crippen LogP contribution in [0.4, 0.5) is 0 Å². The van der Waals surface area contributed by atoms with E-state index >= 15 is 0 Å². The van der Waals surface area contributed by atoms with Crippen LogP contribution in [-0.4, -0.2) is 46.2 Å². The van der Waals surface area contributed by atoms with Crippen molar-refractivity contribution in [1.29, 1.82) is 0 Å². The lowest BCUT2D eigenvalue weighted by Crippen LogP contribution is -2.36. The topological polar surface area (TPSA) is 89.9 Å².